The Hall–Kier alpha value is -1.35. The molecule has 1 saturated heterocycles. The number of urea groups is 1. The molecule has 0 aromatic heterocycles. The molecule has 1 aliphatic rings. The normalized spacial score (nSPS) is 18.8. The zero-order valence-electron chi connectivity index (χ0n) is 9.52. The van der Waals surface area contributed by atoms with Crippen LogP contribution in [-0.4, -0.2) is 53.1 Å². The molecule has 94 valence electrons. The molecule has 1 rings (SSSR count). The van der Waals surface area contributed by atoms with E-state index >= 15 is 0 Å². The largest absolute Gasteiger partial charge is 0.481 e. The van der Waals surface area contributed by atoms with E-state index in [9.17, 15) is 9.59 Å². The number of likely N-dealkylation sites (tertiary alicyclic amines) is 1. The summed E-state index contributed by atoms with van der Waals surface area (Å²) in [5.74, 6) is 2.66. The van der Waals surface area contributed by atoms with Gasteiger partial charge in [0.15, 0.2) is 0 Å². The lowest BCUT2D eigenvalue weighted by molar-refractivity contribution is -0.141. The van der Waals surface area contributed by atoms with Crippen molar-refractivity contribution in [3.63, 3.8) is 0 Å². The number of hydrogen-bond donors (Lipinski definition) is 2. The van der Waals surface area contributed by atoms with Gasteiger partial charge in [0.1, 0.15) is 0 Å². The fraction of sp³-hybridized carbons (Fsp3) is 0.636. The predicted octanol–water partition coefficient (Wildman–Crippen LogP) is 0.469. The van der Waals surface area contributed by atoms with E-state index in [2.05, 4.69) is 11.2 Å². The van der Waals surface area contributed by atoms with Gasteiger partial charge in [0.2, 0.25) is 0 Å². The minimum atomic E-state index is -0.829. The van der Waals surface area contributed by atoms with E-state index in [4.69, 9.17) is 11.5 Å². The minimum absolute atomic E-state index is 0.185. The molecule has 17 heavy (non-hydrogen) atoms. The van der Waals surface area contributed by atoms with Crippen molar-refractivity contribution in [2.24, 2.45) is 5.92 Å². The maximum atomic E-state index is 11.6. The van der Waals surface area contributed by atoms with Crippen molar-refractivity contribution in [2.45, 2.75) is 6.42 Å². The van der Waals surface area contributed by atoms with Crippen molar-refractivity contribution < 1.29 is 14.7 Å². The minimum Gasteiger partial charge on any atom is -0.481 e. The van der Waals surface area contributed by atoms with Gasteiger partial charge >= 0.3 is 12.0 Å². The van der Waals surface area contributed by atoms with Crippen LogP contribution in [0.4, 0.5) is 4.79 Å². The number of amides is 2. The van der Waals surface area contributed by atoms with Crippen LogP contribution in [0.25, 0.3) is 0 Å². The van der Waals surface area contributed by atoms with Gasteiger partial charge in [-0.2, -0.15) is 0 Å². The Morgan fingerprint density at radius 1 is 1.59 bits per heavy atom. The number of carbonyl (C=O) groups is 2. The fourth-order valence-electron chi connectivity index (χ4n) is 1.62. The monoisotopic (exact) mass is 256 g/mol. The van der Waals surface area contributed by atoms with Crippen LogP contribution in [0.2, 0.25) is 0 Å². The molecule has 0 radical (unpaired) electrons. The van der Waals surface area contributed by atoms with Crippen molar-refractivity contribution >= 4 is 23.8 Å². The second kappa shape index (κ2) is 7.07. The molecule has 6 heteroatoms. The van der Waals surface area contributed by atoms with Crippen molar-refractivity contribution in [1.82, 2.24) is 10.2 Å². The summed E-state index contributed by atoms with van der Waals surface area (Å²) in [6.07, 6.45) is 5.63. The van der Waals surface area contributed by atoms with Crippen LogP contribution in [0, 0.1) is 18.3 Å². The molecule has 0 spiro atoms. The number of nitrogens with zero attached hydrogens (tertiary/aromatic N) is 1. The van der Waals surface area contributed by atoms with Crippen molar-refractivity contribution in [2.75, 3.05) is 31.1 Å². The van der Waals surface area contributed by atoms with Gasteiger partial charge in [0.25, 0.3) is 0 Å². The summed E-state index contributed by atoms with van der Waals surface area (Å²) in [6.45, 7) is 1.37. The Bertz CT molecular complexity index is 327. The average Bonchev–Trinajstić information content (AvgIpc) is 2.78. The van der Waals surface area contributed by atoms with Gasteiger partial charge in [-0.1, -0.05) is 5.92 Å². The third-order valence-corrected chi connectivity index (χ3v) is 3.40. The number of thioether (sulfide) groups is 1. The maximum absolute atomic E-state index is 11.6. The highest BCUT2D eigenvalue weighted by Crippen LogP contribution is 2.15. The number of hydrogen-bond acceptors (Lipinski definition) is 3. The van der Waals surface area contributed by atoms with Crippen molar-refractivity contribution in [1.29, 1.82) is 0 Å². The smallest absolute Gasteiger partial charge is 0.317 e. The van der Waals surface area contributed by atoms with Gasteiger partial charge < -0.3 is 15.3 Å². The Morgan fingerprint density at radius 2 is 2.35 bits per heavy atom. The van der Waals surface area contributed by atoms with Crippen LogP contribution < -0.4 is 5.32 Å². The zero-order valence-corrected chi connectivity index (χ0v) is 10.3. The van der Waals surface area contributed by atoms with Crippen LogP contribution in [0.5, 0.6) is 0 Å². The highest BCUT2D eigenvalue weighted by molar-refractivity contribution is 7.99. The molecule has 1 heterocycles. The van der Waals surface area contributed by atoms with E-state index in [-0.39, 0.29) is 6.03 Å². The topological polar surface area (TPSA) is 69.6 Å². The summed E-state index contributed by atoms with van der Waals surface area (Å²) in [5, 5.41) is 11.6. The number of terminal acetylenes is 1. The fourth-order valence-corrected chi connectivity index (χ4v) is 2.13. The first-order valence-electron chi connectivity index (χ1n) is 5.42. The molecule has 0 saturated carbocycles. The molecule has 1 unspecified atom stereocenters. The lowest BCUT2D eigenvalue weighted by Gasteiger charge is -2.16. The summed E-state index contributed by atoms with van der Waals surface area (Å²) < 4.78 is 0. The van der Waals surface area contributed by atoms with E-state index in [1.165, 1.54) is 0 Å². The molecule has 1 aliphatic heterocycles. The van der Waals surface area contributed by atoms with Crippen LogP contribution >= 0.6 is 11.8 Å². The molecule has 0 aliphatic carbocycles. The van der Waals surface area contributed by atoms with Crippen LogP contribution in [-0.2, 0) is 4.79 Å². The second-order valence-electron chi connectivity index (χ2n) is 3.76. The van der Waals surface area contributed by atoms with Gasteiger partial charge in [-0.05, 0) is 6.42 Å². The second-order valence-corrected chi connectivity index (χ2v) is 4.86. The molecule has 0 aromatic rings. The number of aliphatic carboxylic acids is 1. The van der Waals surface area contributed by atoms with Crippen molar-refractivity contribution in [3.8, 4) is 12.3 Å². The first kappa shape index (κ1) is 13.7. The van der Waals surface area contributed by atoms with Gasteiger partial charge in [-0.25, -0.2) is 4.79 Å². The van der Waals surface area contributed by atoms with E-state index in [0.717, 1.165) is 5.75 Å². The SMILES string of the molecule is C#CCSCCNC(=O)N1CCC(C(=O)O)C1. The Kier molecular flexibility index (Phi) is 5.70. The summed E-state index contributed by atoms with van der Waals surface area (Å²) in [6, 6.07) is -0.185. The molecule has 1 atom stereocenters. The number of nitrogens with one attached hydrogen (secondary N) is 1. The molecular formula is C11H16N2O3S. The third kappa shape index (κ3) is 4.57. The van der Waals surface area contributed by atoms with Crippen LogP contribution in [0.15, 0.2) is 0 Å². The first-order valence-corrected chi connectivity index (χ1v) is 6.57. The Balaban J connectivity index is 2.17. The standard InChI is InChI=1S/C11H16N2O3S/c1-2-6-17-7-4-12-11(16)13-5-3-9(8-13)10(14)15/h1,9H,3-8H2,(H,12,16)(H,14,15). The van der Waals surface area contributed by atoms with Crippen LogP contribution in [0.1, 0.15) is 6.42 Å². The number of carboxylic acids is 1. The van der Waals surface area contributed by atoms with Crippen LogP contribution in [0.3, 0.4) is 0 Å². The van der Waals surface area contributed by atoms with Gasteiger partial charge in [0, 0.05) is 25.4 Å². The lowest BCUT2D eigenvalue weighted by atomic mass is 10.1. The number of rotatable bonds is 5. The summed E-state index contributed by atoms with van der Waals surface area (Å²) >= 11 is 1.58. The number of carbonyl (C=O) groups excluding carboxylic acids is 1. The highest BCUT2D eigenvalue weighted by Gasteiger charge is 2.30. The Morgan fingerprint density at radius 3 is 2.94 bits per heavy atom. The summed E-state index contributed by atoms with van der Waals surface area (Å²) in [7, 11) is 0. The highest BCUT2D eigenvalue weighted by atomic mass is 32.2. The first-order chi connectivity index (χ1) is 8.15. The molecule has 0 aromatic carbocycles. The lowest BCUT2D eigenvalue weighted by Crippen LogP contribution is -2.39. The quantitative estimate of drug-likeness (QED) is 0.554. The van der Waals surface area contributed by atoms with Gasteiger partial charge in [0.05, 0.1) is 11.7 Å². The van der Waals surface area contributed by atoms with E-state index in [1.54, 1.807) is 16.7 Å². The molecule has 2 amide bonds. The summed E-state index contributed by atoms with van der Waals surface area (Å²) in [5.41, 5.74) is 0. The Labute approximate surface area is 105 Å². The molecule has 0 bridgehead atoms. The maximum Gasteiger partial charge on any atom is 0.317 e. The summed E-state index contributed by atoms with van der Waals surface area (Å²) in [4.78, 5) is 23.9. The van der Waals surface area contributed by atoms with E-state index in [0.29, 0.717) is 31.8 Å². The van der Waals surface area contributed by atoms with E-state index in [1.807, 2.05) is 0 Å². The van der Waals surface area contributed by atoms with Gasteiger partial charge in [-0.15, -0.1) is 18.2 Å². The zero-order chi connectivity index (χ0) is 12.7. The molecule has 5 nitrogen and oxygen atoms in total. The predicted molar refractivity (Wildman–Crippen MR) is 66.9 cm³/mol. The number of carboxylic acid groups (broad SMARTS) is 1. The molecular weight excluding hydrogens is 240 g/mol. The van der Waals surface area contributed by atoms with Crippen molar-refractivity contribution in [3.05, 3.63) is 0 Å². The van der Waals surface area contributed by atoms with E-state index < -0.39 is 11.9 Å². The van der Waals surface area contributed by atoms with Gasteiger partial charge in [-0.3, -0.25) is 4.79 Å². The average molecular weight is 256 g/mol. The third-order valence-electron chi connectivity index (χ3n) is 2.53. The molecule has 1 fully saturated rings. The molecule has 2 N–H and O–H groups in total.